The third-order valence-electron chi connectivity index (χ3n) is 3.84. The predicted molar refractivity (Wildman–Crippen MR) is 94.5 cm³/mol. The van der Waals surface area contributed by atoms with Gasteiger partial charge in [0.2, 0.25) is 5.78 Å². The van der Waals surface area contributed by atoms with Crippen LogP contribution in [0.3, 0.4) is 0 Å². The lowest BCUT2D eigenvalue weighted by Crippen LogP contribution is -2.13. The number of carbonyl (C=O) groups excluding carboxylic acids is 1. The molecule has 0 N–H and O–H groups in total. The summed E-state index contributed by atoms with van der Waals surface area (Å²) in [4.78, 5) is 13.7. The van der Waals surface area contributed by atoms with E-state index in [1.165, 1.54) is 38.9 Å². The molecule has 0 fully saturated rings. The van der Waals surface area contributed by atoms with Crippen LogP contribution in [0, 0.1) is 0 Å². The van der Waals surface area contributed by atoms with Gasteiger partial charge in [-0.05, 0) is 41.9 Å². The van der Waals surface area contributed by atoms with E-state index in [0.29, 0.717) is 5.76 Å². The van der Waals surface area contributed by atoms with Crippen LogP contribution in [0.4, 0.5) is 0 Å². The van der Waals surface area contributed by atoms with E-state index in [0.717, 1.165) is 17.7 Å². The number of methoxy groups -OCH3 is 1. The number of ketones is 1. The molecule has 0 bridgehead atoms. The normalized spacial score (nSPS) is 18.6. The summed E-state index contributed by atoms with van der Waals surface area (Å²) < 4.78 is 5.06. The highest BCUT2D eigenvalue weighted by Crippen LogP contribution is 2.16. The third kappa shape index (κ3) is 5.44. The fourth-order valence-electron chi connectivity index (χ4n) is 2.43. The van der Waals surface area contributed by atoms with Gasteiger partial charge in [0.05, 0.1) is 7.11 Å². The molecule has 0 atom stereocenters. The van der Waals surface area contributed by atoms with Crippen molar-refractivity contribution < 1.29 is 9.53 Å². The number of carbonyl (C=O) groups is 1. The van der Waals surface area contributed by atoms with E-state index in [-0.39, 0.29) is 5.78 Å². The molecule has 3 heteroatoms. The highest BCUT2D eigenvalue weighted by molar-refractivity contribution is 6.04. The molecular formula is C20H25NO2. The van der Waals surface area contributed by atoms with Crippen LogP contribution in [-0.4, -0.2) is 24.3 Å². The molecule has 1 heterocycles. The first-order chi connectivity index (χ1) is 11.2. The van der Waals surface area contributed by atoms with Crippen molar-refractivity contribution in [3.8, 4) is 0 Å². The van der Waals surface area contributed by atoms with Gasteiger partial charge in [-0.25, -0.2) is 0 Å². The maximum absolute atomic E-state index is 11.5. The van der Waals surface area contributed by atoms with Gasteiger partial charge in [-0.1, -0.05) is 44.4 Å². The van der Waals surface area contributed by atoms with Crippen LogP contribution in [-0.2, 0) is 9.53 Å². The summed E-state index contributed by atoms with van der Waals surface area (Å²) in [6, 6.07) is 0. The topological polar surface area (TPSA) is 29.5 Å². The van der Waals surface area contributed by atoms with E-state index in [4.69, 9.17) is 4.74 Å². The summed E-state index contributed by atoms with van der Waals surface area (Å²) in [6.07, 6.45) is 22.7. The number of ether oxygens (including phenoxy) is 1. The van der Waals surface area contributed by atoms with Crippen LogP contribution in [0.1, 0.15) is 32.6 Å². The van der Waals surface area contributed by atoms with E-state index in [1.807, 2.05) is 12.2 Å². The summed E-state index contributed by atoms with van der Waals surface area (Å²) in [5.41, 5.74) is 2.10. The van der Waals surface area contributed by atoms with Gasteiger partial charge in [0, 0.05) is 18.9 Å². The van der Waals surface area contributed by atoms with Crippen molar-refractivity contribution in [3.05, 3.63) is 71.8 Å². The molecule has 0 spiro atoms. The molecule has 0 unspecified atom stereocenters. The van der Waals surface area contributed by atoms with Crippen molar-refractivity contribution >= 4 is 5.78 Å². The summed E-state index contributed by atoms with van der Waals surface area (Å²) in [5, 5.41) is 0. The van der Waals surface area contributed by atoms with Gasteiger partial charge in [0.15, 0.2) is 5.76 Å². The minimum absolute atomic E-state index is 0.0894. The Kier molecular flexibility index (Phi) is 6.67. The summed E-state index contributed by atoms with van der Waals surface area (Å²) >= 11 is 0. The molecule has 1 aliphatic carbocycles. The fourth-order valence-corrected chi connectivity index (χ4v) is 2.43. The average molecular weight is 311 g/mol. The van der Waals surface area contributed by atoms with Crippen molar-refractivity contribution in [2.24, 2.45) is 0 Å². The number of unbranched alkanes of at least 4 members (excludes halogenated alkanes) is 3. The molecule has 1 aliphatic heterocycles. The smallest absolute Gasteiger partial charge is 0.220 e. The minimum Gasteiger partial charge on any atom is -0.493 e. The number of rotatable bonds is 7. The molecule has 0 aromatic rings. The maximum Gasteiger partial charge on any atom is 0.220 e. The molecule has 0 saturated heterocycles. The van der Waals surface area contributed by atoms with Gasteiger partial charge < -0.3 is 9.64 Å². The molecule has 23 heavy (non-hydrogen) atoms. The first kappa shape index (κ1) is 17.1. The molecule has 2 aliphatic rings. The molecule has 0 radical (unpaired) electrons. The molecule has 2 rings (SSSR count). The number of hydrogen-bond donors (Lipinski definition) is 0. The van der Waals surface area contributed by atoms with E-state index < -0.39 is 0 Å². The van der Waals surface area contributed by atoms with Crippen LogP contribution in [0.2, 0.25) is 0 Å². The van der Waals surface area contributed by atoms with E-state index >= 15 is 0 Å². The molecule has 3 nitrogen and oxygen atoms in total. The Balaban J connectivity index is 1.89. The van der Waals surface area contributed by atoms with Crippen LogP contribution in [0.5, 0.6) is 0 Å². The Morgan fingerprint density at radius 1 is 1.00 bits per heavy atom. The van der Waals surface area contributed by atoms with Gasteiger partial charge in [0.25, 0.3) is 0 Å². The first-order valence-corrected chi connectivity index (χ1v) is 8.25. The monoisotopic (exact) mass is 311 g/mol. The van der Waals surface area contributed by atoms with E-state index in [1.54, 1.807) is 12.2 Å². The summed E-state index contributed by atoms with van der Waals surface area (Å²) in [5.74, 6) is 0.290. The highest BCUT2D eigenvalue weighted by atomic mass is 16.5. The molecule has 122 valence electrons. The molecule has 0 amide bonds. The van der Waals surface area contributed by atoms with Crippen LogP contribution in [0.25, 0.3) is 0 Å². The lowest BCUT2D eigenvalue weighted by atomic mass is 10.1. The highest BCUT2D eigenvalue weighted by Gasteiger charge is 2.10. The second-order valence-corrected chi connectivity index (χ2v) is 5.67. The Hall–Kier alpha value is -2.29. The summed E-state index contributed by atoms with van der Waals surface area (Å²) in [6.45, 7) is 3.31. The zero-order valence-electron chi connectivity index (χ0n) is 14.0. The van der Waals surface area contributed by atoms with Gasteiger partial charge in [-0.15, -0.1) is 0 Å². The van der Waals surface area contributed by atoms with Crippen LogP contribution in [0.15, 0.2) is 71.8 Å². The maximum atomic E-state index is 11.5. The minimum atomic E-state index is -0.0894. The number of hydrogen-bond acceptors (Lipinski definition) is 3. The van der Waals surface area contributed by atoms with Gasteiger partial charge in [-0.3, -0.25) is 4.79 Å². The van der Waals surface area contributed by atoms with Crippen LogP contribution < -0.4 is 0 Å². The second-order valence-electron chi connectivity index (χ2n) is 5.67. The Labute approximate surface area is 139 Å². The quantitative estimate of drug-likeness (QED) is 0.651. The lowest BCUT2D eigenvalue weighted by Gasteiger charge is -2.18. The molecule has 0 aromatic heterocycles. The Morgan fingerprint density at radius 3 is 2.43 bits per heavy atom. The van der Waals surface area contributed by atoms with Crippen LogP contribution >= 0.6 is 0 Å². The van der Waals surface area contributed by atoms with Crippen molar-refractivity contribution in [2.75, 3.05) is 13.7 Å². The SMILES string of the molecule is CCCCCCN1C=CC(=C/C=C2\C=CC(=O)C(OC)=C2)C=C1. The van der Waals surface area contributed by atoms with Gasteiger partial charge in [0.1, 0.15) is 0 Å². The third-order valence-corrected chi connectivity index (χ3v) is 3.84. The zero-order chi connectivity index (χ0) is 16.5. The number of allylic oxidation sites excluding steroid dienone is 9. The van der Waals surface area contributed by atoms with Crippen molar-refractivity contribution in [3.63, 3.8) is 0 Å². The molecule has 0 saturated carbocycles. The van der Waals surface area contributed by atoms with Gasteiger partial charge >= 0.3 is 0 Å². The molecule has 0 aromatic carbocycles. The zero-order valence-corrected chi connectivity index (χ0v) is 14.0. The Bertz CT molecular complexity index is 587. The standard InChI is InChI=1S/C20H25NO2/c1-3-4-5-6-13-21-14-11-17(12-15-21)7-8-18-9-10-19(22)20(16-18)23-2/h7-12,14-16H,3-6,13H2,1-2H3/b18-8+. The van der Waals surface area contributed by atoms with Crippen molar-refractivity contribution in [2.45, 2.75) is 32.6 Å². The average Bonchev–Trinajstić information content (AvgIpc) is 2.59. The van der Waals surface area contributed by atoms with Crippen molar-refractivity contribution in [1.29, 1.82) is 0 Å². The first-order valence-electron chi connectivity index (χ1n) is 8.25. The van der Waals surface area contributed by atoms with E-state index in [2.05, 4.69) is 36.4 Å². The van der Waals surface area contributed by atoms with E-state index in [9.17, 15) is 4.79 Å². The second kappa shape index (κ2) is 8.99. The lowest BCUT2D eigenvalue weighted by molar-refractivity contribution is -0.114. The Morgan fingerprint density at radius 2 is 1.74 bits per heavy atom. The summed E-state index contributed by atoms with van der Waals surface area (Å²) in [7, 11) is 1.51. The van der Waals surface area contributed by atoms with Crippen molar-refractivity contribution in [1.82, 2.24) is 4.90 Å². The largest absolute Gasteiger partial charge is 0.493 e. The number of nitrogens with zero attached hydrogens (tertiary/aromatic N) is 1. The predicted octanol–water partition coefficient (Wildman–Crippen LogP) is 4.43. The fraction of sp³-hybridized carbons (Fsp3) is 0.350. The van der Waals surface area contributed by atoms with Gasteiger partial charge in [-0.2, -0.15) is 0 Å². The molecular weight excluding hydrogens is 286 g/mol.